The SMILES string of the molecule is Cc1cc(C)cc(NC(=O)CN2C(=O)N[C@](C)(c3cc(F)ccc3F)C2=O)c1. The first-order valence-electron chi connectivity index (χ1n) is 8.58. The van der Waals surface area contributed by atoms with E-state index in [-0.39, 0.29) is 5.56 Å². The lowest BCUT2D eigenvalue weighted by molar-refractivity contribution is -0.133. The lowest BCUT2D eigenvalue weighted by atomic mass is 9.91. The summed E-state index contributed by atoms with van der Waals surface area (Å²) in [6.45, 7) is 4.47. The van der Waals surface area contributed by atoms with Gasteiger partial charge in [0.15, 0.2) is 0 Å². The van der Waals surface area contributed by atoms with Crippen molar-refractivity contribution in [3.8, 4) is 0 Å². The van der Waals surface area contributed by atoms with E-state index in [1.54, 1.807) is 12.1 Å². The van der Waals surface area contributed by atoms with Crippen molar-refractivity contribution in [1.29, 1.82) is 0 Å². The molecule has 2 aromatic carbocycles. The zero-order valence-electron chi connectivity index (χ0n) is 15.6. The van der Waals surface area contributed by atoms with Gasteiger partial charge in [-0.25, -0.2) is 13.6 Å². The molecule has 2 N–H and O–H groups in total. The van der Waals surface area contributed by atoms with E-state index in [1.807, 2.05) is 19.9 Å². The van der Waals surface area contributed by atoms with E-state index in [2.05, 4.69) is 10.6 Å². The molecule has 0 unspecified atom stereocenters. The maximum Gasteiger partial charge on any atom is 0.325 e. The third-order valence-electron chi connectivity index (χ3n) is 4.55. The Kier molecular flexibility index (Phi) is 4.89. The van der Waals surface area contributed by atoms with Crippen LogP contribution in [0.2, 0.25) is 0 Å². The second-order valence-electron chi connectivity index (χ2n) is 7.00. The smallest absolute Gasteiger partial charge is 0.325 e. The van der Waals surface area contributed by atoms with Crippen LogP contribution in [0.25, 0.3) is 0 Å². The number of carbonyl (C=O) groups is 3. The van der Waals surface area contributed by atoms with Gasteiger partial charge < -0.3 is 10.6 Å². The molecule has 3 rings (SSSR count). The van der Waals surface area contributed by atoms with Gasteiger partial charge in [0.05, 0.1) is 0 Å². The van der Waals surface area contributed by atoms with Crippen LogP contribution in [0.5, 0.6) is 0 Å². The van der Waals surface area contributed by atoms with Crippen LogP contribution in [0.4, 0.5) is 19.3 Å². The van der Waals surface area contributed by atoms with Gasteiger partial charge in [0, 0.05) is 11.3 Å². The summed E-state index contributed by atoms with van der Waals surface area (Å²) in [4.78, 5) is 38.0. The predicted molar refractivity (Wildman–Crippen MR) is 98.5 cm³/mol. The molecule has 1 fully saturated rings. The Labute approximate surface area is 160 Å². The third kappa shape index (κ3) is 3.58. The van der Waals surface area contributed by atoms with E-state index in [0.717, 1.165) is 29.3 Å². The fourth-order valence-electron chi connectivity index (χ4n) is 3.29. The fourth-order valence-corrected chi connectivity index (χ4v) is 3.29. The van der Waals surface area contributed by atoms with Crippen LogP contribution in [-0.4, -0.2) is 29.3 Å². The number of urea groups is 1. The Morgan fingerprint density at radius 1 is 1.11 bits per heavy atom. The molecule has 4 amide bonds. The van der Waals surface area contributed by atoms with Gasteiger partial charge in [0.1, 0.15) is 23.7 Å². The van der Waals surface area contributed by atoms with Crippen molar-refractivity contribution in [2.75, 3.05) is 11.9 Å². The highest BCUT2D eigenvalue weighted by Gasteiger charge is 2.50. The molecule has 0 aliphatic carbocycles. The zero-order valence-corrected chi connectivity index (χ0v) is 15.6. The first-order valence-corrected chi connectivity index (χ1v) is 8.58. The number of anilines is 1. The fraction of sp³-hybridized carbons (Fsp3) is 0.250. The molecule has 1 saturated heterocycles. The second kappa shape index (κ2) is 7.03. The first kappa shape index (κ1) is 19.5. The number of aryl methyl sites for hydroxylation is 2. The number of nitrogens with one attached hydrogen (secondary N) is 2. The summed E-state index contributed by atoms with van der Waals surface area (Å²) in [5.74, 6) is -3.00. The average molecular weight is 387 g/mol. The molecule has 0 spiro atoms. The van der Waals surface area contributed by atoms with Crippen LogP contribution in [0.3, 0.4) is 0 Å². The molecular weight excluding hydrogens is 368 g/mol. The van der Waals surface area contributed by atoms with E-state index in [1.165, 1.54) is 6.92 Å². The summed E-state index contributed by atoms with van der Waals surface area (Å²) in [5, 5.41) is 4.98. The van der Waals surface area contributed by atoms with Crippen molar-refractivity contribution in [2.24, 2.45) is 0 Å². The topological polar surface area (TPSA) is 78.5 Å². The number of imide groups is 1. The highest BCUT2D eigenvalue weighted by molar-refractivity contribution is 6.10. The van der Waals surface area contributed by atoms with Gasteiger partial charge in [-0.3, -0.25) is 14.5 Å². The van der Waals surface area contributed by atoms with Crippen molar-refractivity contribution in [3.05, 3.63) is 64.7 Å². The minimum atomic E-state index is -1.80. The molecular formula is C20H19F2N3O3. The minimum absolute atomic E-state index is 0.303. The Bertz CT molecular complexity index is 972. The van der Waals surface area contributed by atoms with E-state index in [9.17, 15) is 23.2 Å². The van der Waals surface area contributed by atoms with Crippen molar-refractivity contribution in [2.45, 2.75) is 26.3 Å². The molecule has 2 aromatic rings. The molecule has 0 aromatic heterocycles. The standard InChI is InChI=1S/C20H19F2N3O3/c1-11-6-12(2)8-14(7-11)23-17(26)10-25-18(27)20(3,24-19(25)28)15-9-13(21)4-5-16(15)22/h4-9H,10H2,1-3H3,(H,23,26)(H,24,28)/t20-/m1/s1. The summed E-state index contributed by atoms with van der Waals surface area (Å²) in [6.07, 6.45) is 0. The number of rotatable bonds is 4. The molecule has 8 heteroatoms. The first-order chi connectivity index (χ1) is 13.1. The molecule has 0 bridgehead atoms. The van der Waals surface area contributed by atoms with E-state index in [0.29, 0.717) is 10.6 Å². The van der Waals surface area contributed by atoms with Crippen molar-refractivity contribution in [3.63, 3.8) is 0 Å². The number of nitrogens with zero attached hydrogens (tertiary/aromatic N) is 1. The summed E-state index contributed by atoms with van der Waals surface area (Å²) in [7, 11) is 0. The maximum absolute atomic E-state index is 14.2. The Balaban J connectivity index is 1.80. The summed E-state index contributed by atoms with van der Waals surface area (Å²) in [5.41, 5.74) is 0.319. The van der Waals surface area contributed by atoms with E-state index in [4.69, 9.17) is 0 Å². The van der Waals surface area contributed by atoms with Gasteiger partial charge in [0.2, 0.25) is 5.91 Å². The Morgan fingerprint density at radius 2 is 1.75 bits per heavy atom. The van der Waals surface area contributed by atoms with E-state index >= 15 is 0 Å². The molecule has 146 valence electrons. The van der Waals surface area contributed by atoms with Crippen LogP contribution in [-0.2, 0) is 15.1 Å². The highest BCUT2D eigenvalue weighted by atomic mass is 19.1. The number of amides is 4. The van der Waals surface area contributed by atoms with Gasteiger partial charge in [-0.15, -0.1) is 0 Å². The van der Waals surface area contributed by atoms with Crippen LogP contribution in [0, 0.1) is 25.5 Å². The summed E-state index contributed by atoms with van der Waals surface area (Å²) < 4.78 is 27.7. The normalized spacial score (nSPS) is 19.0. The second-order valence-corrected chi connectivity index (χ2v) is 7.00. The maximum atomic E-state index is 14.2. The van der Waals surface area contributed by atoms with Crippen LogP contribution in [0.1, 0.15) is 23.6 Å². The molecule has 1 aliphatic rings. The molecule has 6 nitrogen and oxygen atoms in total. The van der Waals surface area contributed by atoms with Crippen LogP contribution in [0.15, 0.2) is 36.4 Å². The quantitative estimate of drug-likeness (QED) is 0.792. The summed E-state index contributed by atoms with van der Waals surface area (Å²) in [6, 6.07) is 7.24. The predicted octanol–water partition coefficient (Wildman–Crippen LogP) is 2.99. The van der Waals surface area contributed by atoms with Crippen LogP contribution < -0.4 is 10.6 Å². The largest absolute Gasteiger partial charge is 0.325 e. The van der Waals surface area contributed by atoms with Crippen molar-refractivity contribution in [1.82, 2.24) is 10.2 Å². The molecule has 1 heterocycles. The van der Waals surface area contributed by atoms with Crippen molar-refractivity contribution >= 4 is 23.5 Å². The Hall–Kier alpha value is -3.29. The highest BCUT2D eigenvalue weighted by Crippen LogP contribution is 2.31. The third-order valence-corrected chi connectivity index (χ3v) is 4.55. The molecule has 0 saturated carbocycles. The minimum Gasteiger partial charge on any atom is -0.325 e. The number of benzene rings is 2. The van der Waals surface area contributed by atoms with Gasteiger partial charge in [-0.2, -0.15) is 0 Å². The monoisotopic (exact) mass is 387 g/mol. The number of hydrogen-bond acceptors (Lipinski definition) is 3. The van der Waals surface area contributed by atoms with Crippen molar-refractivity contribution < 1.29 is 23.2 Å². The lowest BCUT2D eigenvalue weighted by Gasteiger charge is -2.22. The van der Waals surface area contributed by atoms with Gasteiger partial charge in [-0.05, 0) is 62.2 Å². The number of halogens is 2. The Morgan fingerprint density at radius 3 is 2.39 bits per heavy atom. The molecule has 28 heavy (non-hydrogen) atoms. The van der Waals surface area contributed by atoms with Gasteiger partial charge >= 0.3 is 6.03 Å². The van der Waals surface area contributed by atoms with Gasteiger partial charge in [0.25, 0.3) is 5.91 Å². The van der Waals surface area contributed by atoms with Gasteiger partial charge in [-0.1, -0.05) is 6.07 Å². The zero-order chi connectivity index (χ0) is 20.6. The van der Waals surface area contributed by atoms with Crippen LogP contribution >= 0.6 is 0 Å². The summed E-state index contributed by atoms with van der Waals surface area (Å²) >= 11 is 0. The molecule has 1 aliphatic heterocycles. The number of hydrogen-bond donors (Lipinski definition) is 2. The average Bonchev–Trinajstić information content (AvgIpc) is 2.80. The molecule has 0 radical (unpaired) electrons. The number of carbonyl (C=O) groups excluding carboxylic acids is 3. The molecule has 1 atom stereocenters. The van der Waals surface area contributed by atoms with E-state index < -0.39 is 41.6 Å². The lowest BCUT2D eigenvalue weighted by Crippen LogP contribution is -2.42.